The first-order valence-electron chi connectivity index (χ1n) is 7.94. The van der Waals surface area contributed by atoms with E-state index in [4.69, 9.17) is 0 Å². The highest BCUT2D eigenvalue weighted by Crippen LogP contribution is 2.11. The Morgan fingerprint density at radius 1 is 1.00 bits per heavy atom. The van der Waals surface area contributed by atoms with Gasteiger partial charge in [0.1, 0.15) is 0 Å². The molecule has 0 amide bonds. The van der Waals surface area contributed by atoms with Crippen LogP contribution >= 0.6 is 0 Å². The number of nitrogens with one attached hydrogen (secondary N) is 1. The highest BCUT2D eigenvalue weighted by atomic mass is 15.3. The van der Waals surface area contributed by atoms with Gasteiger partial charge in [-0.05, 0) is 31.5 Å². The fraction of sp³-hybridized carbons (Fsp3) is 0.647. The smallest absolute Gasteiger partial charge is 0.0234 e. The molecule has 1 heterocycles. The average Bonchev–Trinajstić information content (AvgIpc) is 2.47. The van der Waals surface area contributed by atoms with E-state index in [0.29, 0.717) is 6.04 Å². The number of benzene rings is 1. The van der Waals surface area contributed by atoms with Gasteiger partial charge < -0.3 is 5.32 Å². The predicted octanol–water partition coefficient (Wildman–Crippen LogP) is 2.32. The molecule has 1 aromatic carbocycles. The Morgan fingerprint density at radius 3 is 2.15 bits per heavy atom. The van der Waals surface area contributed by atoms with Crippen molar-refractivity contribution >= 4 is 0 Å². The Hall–Kier alpha value is -0.900. The molecule has 1 aliphatic rings. The zero-order chi connectivity index (χ0) is 14.4. The molecule has 0 bridgehead atoms. The second kappa shape index (κ2) is 7.77. The van der Waals surface area contributed by atoms with Crippen molar-refractivity contribution in [3.63, 3.8) is 0 Å². The average molecular weight is 275 g/mol. The van der Waals surface area contributed by atoms with Gasteiger partial charge in [-0.25, -0.2) is 0 Å². The van der Waals surface area contributed by atoms with E-state index in [-0.39, 0.29) is 0 Å². The molecule has 0 unspecified atom stereocenters. The second-order valence-corrected chi connectivity index (χ2v) is 6.00. The van der Waals surface area contributed by atoms with E-state index >= 15 is 0 Å². The predicted molar refractivity (Wildman–Crippen MR) is 85.8 cm³/mol. The summed E-state index contributed by atoms with van der Waals surface area (Å²) < 4.78 is 0. The molecule has 1 saturated heterocycles. The largest absolute Gasteiger partial charge is 0.313 e. The maximum absolute atomic E-state index is 3.36. The monoisotopic (exact) mass is 275 g/mol. The van der Waals surface area contributed by atoms with Crippen molar-refractivity contribution in [1.29, 1.82) is 0 Å². The molecule has 0 spiro atoms. The van der Waals surface area contributed by atoms with E-state index in [1.54, 1.807) is 0 Å². The van der Waals surface area contributed by atoms with Crippen LogP contribution in [0.2, 0.25) is 0 Å². The van der Waals surface area contributed by atoms with Crippen molar-refractivity contribution in [3.05, 3.63) is 35.4 Å². The molecule has 3 nitrogen and oxygen atoms in total. The van der Waals surface area contributed by atoms with Crippen molar-refractivity contribution in [2.45, 2.75) is 39.9 Å². The van der Waals surface area contributed by atoms with Gasteiger partial charge in [-0.15, -0.1) is 0 Å². The third kappa shape index (κ3) is 4.58. The summed E-state index contributed by atoms with van der Waals surface area (Å²) in [7, 11) is 0. The van der Waals surface area contributed by atoms with Crippen LogP contribution in [0.25, 0.3) is 0 Å². The molecule has 112 valence electrons. The number of rotatable bonds is 6. The number of hydrogen-bond donors (Lipinski definition) is 1. The third-order valence-electron chi connectivity index (χ3n) is 4.15. The van der Waals surface area contributed by atoms with Gasteiger partial charge in [0.05, 0.1) is 0 Å². The van der Waals surface area contributed by atoms with Crippen molar-refractivity contribution in [2.24, 2.45) is 0 Å². The first kappa shape index (κ1) is 15.5. The number of hydrogen-bond acceptors (Lipinski definition) is 3. The Labute approximate surface area is 124 Å². The Bertz CT molecular complexity index is 378. The van der Waals surface area contributed by atoms with E-state index < -0.39 is 0 Å². The minimum absolute atomic E-state index is 0.683. The molecule has 2 rings (SSSR count). The third-order valence-corrected chi connectivity index (χ3v) is 4.15. The van der Waals surface area contributed by atoms with Crippen LogP contribution in [0.1, 0.15) is 31.9 Å². The summed E-state index contributed by atoms with van der Waals surface area (Å²) in [5.74, 6) is 0. The summed E-state index contributed by atoms with van der Waals surface area (Å²) in [5.41, 5.74) is 2.81. The van der Waals surface area contributed by atoms with E-state index in [1.165, 1.54) is 37.3 Å². The normalized spacial score (nSPS) is 17.8. The van der Waals surface area contributed by atoms with Crippen LogP contribution in [-0.2, 0) is 13.1 Å². The van der Waals surface area contributed by atoms with Crippen LogP contribution in [-0.4, -0.2) is 48.6 Å². The van der Waals surface area contributed by atoms with Gasteiger partial charge in [-0.1, -0.05) is 31.2 Å². The van der Waals surface area contributed by atoms with Gasteiger partial charge in [0, 0.05) is 45.3 Å². The number of piperazine rings is 1. The fourth-order valence-electron chi connectivity index (χ4n) is 2.73. The molecule has 1 aliphatic heterocycles. The summed E-state index contributed by atoms with van der Waals surface area (Å²) in [6.07, 6.45) is 0. The summed E-state index contributed by atoms with van der Waals surface area (Å²) in [4.78, 5) is 5.13. The topological polar surface area (TPSA) is 18.5 Å². The molecule has 0 aliphatic carbocycles. The molecule has 1 N–H and O–H groups in total. The lowest BCUT2D eigenvalue weighted by Crippen LogP contribution is -2.48. The minimum Gasteiger partial charge on any atom is -0.313 e. The van der Waals surface area contributed by atoms with Crippen LogP contribution in [0, 0.1) is 0 Å². The lowest BCUT2D eigenvalue weighted by atomic mass is 10.1. The van der Waals surface area contributed by atoms with Crippen LogP contribution in [0.4, 0.5) is 0 Å². The SMILES string of the molecule is CCNCc1ccc(CN2CCN(C(C)C)CC2)cc1. The van der Waals surface area contributed by atoms with E-state index in [0.717, 1.165) is 19.6 Å². The molecule has 0 atom stereocenters. The number of nitrogens with zero attached hydrogens (tertiary/aromatic N) is 2. The van der Waals surface area contributed by atoms with Crippen LogP contribution in [0.5, 0.6) is 0 Å². The molecule has 1 aromatic rings. The maximum atomic E-state index is 3.36. The first-order chi connectivity index (χ1) is 9.69. The van der Waals surface area contributed by atoms with Crippen LogP contribution in [0.15, 0.2) is 24.3 Å². The van der Waals surface area contributed by atoms with Crippen LogP contribution in [0.3, 0.4) is 0 Å². The van der Waals surface area contributed by atoms with Crippen molar-refractivity contribution < 1.29 is 0 Å². The summed E-state index contributed by atoms with van der Waals surface area (Å²) in [6, 6.07) is 9.75. The molecule has 0 saturated carbocycles. The Balaban J connectivity index is 1.79. The molecule has 3 heteroatoms. The highest BCUT2D eigenvalue weighted by molar-refractivity contribution is 5.22. The zero-order valence-corrected chi connectivity index (χ0v) is 13.2. The maximum Gasteiger partial charge on any atom is 0.0234 e. The standard InChI is InChI=1S/C17H29N3/c1-4-18-13-16-5-7-17(8-6-16)14-19-9-11-20(12-10-19)15(2)3/h5-8,15,18H,4,9-14H2,1-3H3. The molecule has 0 radical (unpaired) electrons. The van der Waals surface area contributed by atoms with Gasteiger partial charge >= 0.3 is 0 Å². The zero-order valence-electron chi connectivity index (χ0n) is 13.2. The van der Waals surface area contributed by atoms with Crippen molar-refractivity contribution in [1.82, 2.24) is 15.1 Å². The molecular formula is C17H29N3. The second-order valence-electron chi connectivity index (χ2n) is 6.00. The summed E-state index contributed by atoms with van der Waals surface area (Å²) in [5, 5.41) is 3.36. The van der Waals surface area contributed by atoms with Gasteiger partial charge in [0.2, 0.25) is 0 Å². The van der Waals surface area contributed by atoms with Gasteiger partial charge in [-0.2, -0.15) is 0 Å². The van der Waals surface area contributed by atoms with E-state index in [1.807, 2.05) is 0 Å². The van der Waals surface area contributed by atoms with Crippen LogP contribution < -0.4 is 5.32 Å². The quantitative estimate of drug-likeness (QED) is 0.859. The Kier molecular flexibility index (Phi) is 6.02. The summed E-state index contributed by atoms with van der Waals surface area (Å²) in [6.45, 7) is 14.6. The Morgan fingerprint density at radius 2 is 1.60 bits per heavy atom. The van der Waals surface area contributed by atoms with E-state index in [9.17, 15) is 0 Å². The first-order valence-corrected chi connectivity index (χ1v) is 7.94. The van der Waals surface area contributed by atoms with E-state index in [2.05, 4.69) is 60.2 Å². The molecule has 20 heavy (non-hydrogen) atoms. The summed E-state index contributed by atoms with van der Waals surface area (Å²) >= 11 is 0. The van der Waals surface area contributed by atoms with Gasteiger partial charge in [0.15, 0.2) is 0 Å². The highest BCUT2D eigenvalue weighted by Gasteiger charge is 2.18. The minimum atomic E-state index is 0.683. The van der Waals surface area contributed by atoms with Gasteiger partial charge in [-0.3, -0.25) is 9.80 Å². The lowest BCUT2D eigenvalue weighted by molar-refractivity contribution is 0.104. The van der Waals surface area contributed by atoms with Gasteiger partial charge in [0.25, 0.3) is 0 Å². The molecule has 0 aromatic heterocycles. The molecular weight excluding hydrogens is 246 g/mol. The van der Waals surface area contributed by atoms with Crippen molar-refractivity contribution in [2.75, 3.05) is 32.7 Å². The lowest BCUT2D eigenvalue weighted by Gasteiger charge is -2.36. The van der Waals surface area contributed by atoms with Crippen molar-refractivity contribution in [3.8, 4) is 0 Å². The molecule has 1 fully saturated rings. The fourth-order valence-corrected chi connectivity index (χ4v) is 2.73.